The van der Waals surface area contributed by atoms with Crippen molar-refractivity contribution in [1.82, 2.24) is 14.8 Å². The molecule has 10 heteroatoms. The highest BCUT2D eigenvalue weighted by atomic mass is 32.2. The van der Waals surface area contributed by atoms with E-state index in [4.69, 9.17) is 9.47 Å². The highest BCUT2D eigenvalue weighted by molar-refractivity contribution is 7.99. The molecule has 2 N–H and O–H groups in total. The number of aromatic nitrogens is 3. The number of aromatic amines is 1. The van der Waals surface area contributed by atoms with E-state index in [2.05, 4.69) is 15.5 Å². The summed E-state index contributed by atoms with van der Waals surface area (Å²) in [4.78, 5) is 36.0. The lowest BCUT2D eigenvalue weighted by atomic mass is 10.2. The first-order chi connectivity index (χ1) is 13.1. The van der Waals surface area contributed by atoms with Crippen molar-refractivity contribution in [1.29, 1.82) is 0 Å². The maximum atomic E-state index is 12.3. The van der Waals surface area contributed by atoms with Crippen LogP contribution in [0.1, 0.15) is 23.2 Å². The fraction of sp³-hybridized carbons (Fsp3) is 0.412. The molecule has 1 aromatic carbocycles. The summed E-state index contributed by atoms with van der Waals surface area (Å²) in [5.41, 5.74) is 0.312. The minimum atomic E-state index is -0.531. The van der Waals surface area contributed by atoms with Crippen LogP contribution in [0.5, 0.6) is 0 Å². The van der Waals surface area contributed by atoms with Gasteiger partial charge in [-0.1, -0.05) is 23.9 Å². The van der Waals surface area contributed by atoms with Gasteiger partial charge in [0.05, 0.1) is 36.8 Å². The lowest BCUT2D eigenvalue weighted by Gasteiger charge is -2.11. The third-order valence-electron chi connectivity index (χ3n) is 4.07. The molecule has 2 aromatic rings. The van der Waals surface area contributed by atoms with E-state index >= 15 is 0 Å². The van der Waals surface area contributed by atoms with Crippen LogP contribution in [0.25, 0.3) is 0 Å². The van der Waals surface area contributed by atoms with Gasteiger partial charge in [-0.15, -0.1) is 5.10 Å². The number of carbonyl (C=O) groups is 2. The molecule has 3 rings (SSSR count). The molecule has 1 aliphatic heterocycles. The Bertz CT molecular complexity index is 872. The van der Waals surface area contributed by atoms with Crippen LogP contribution < -0.4 is 11.0 Å². The Morgan fingerprint density at radius 3 is 3.00 bits per heavy atom. The van der Waals surface area contributed by atoms with Gasteiger partial charge in [0.1, 0.15) is 0 Å². The third kappa shape index (κ3) is 4.77. The van der Waals surface area contributed by atoms with Crippen molar-refractivity contribution in [3.63, 3.8) is 0 Å². The summed E-state index contributed by atoms with van der Waals surface area (Å²) in [6, 6.07) is 6.59. The van der Waals surface area contributed by atoms with Crippen molar-refractivity contribution < 1.29 is 19.1 Å². The number of thioether (sulfide) groups is 1. The number of para-hydroxylation sites is 1. The van der Waals surface area contributed by atoms with Gasteiger partial charge in [-0.3, -0.25) is 9.36 Å². The molecule has 1 fully saturated rings. The Hall–Kier alpha value is -2.59. The zero-order chi connectivity index (χ0) is 19.2. The van der Waals surface area contributed by atoms with E-state index in [1.807, 2.05) is 0 Å². The van der Waals surface area contributed by atoms with Gasteiger partial charge in [-0.25, -0.2) is 14.7 Å². The molecule has 1 atom stereocenters. The number of anilines is 1. The molecular formula is C17H20N4O5S. The number of hydrogen-bond donors (Lipinski definition) is 2. The van der Waals surface area contributed by atoms with E-state index in [9.17, 15) is 14.4 Å². The summed E-state index contributed by atoms with van der Waals surface area (Å²) in [6.45, 7) is 1.10. The second-order valence-electron chi connectivity index (χ2n) is 5.93. The number of nitrogens with zero attached hydrogens (tertiary/aromatic N) is 2. The van der Waals surface area contributed by atoms with E-state index in [0.717, 1.165) is 24.6 Å². The highest BCUT2D eigenvalue weighted by Gasteiger charge is 2.20. The summed E-state index contributed by atoms with van der Waals surface area (Å²) in [6.07, 6.45) is 1.86. The summed E-state index contributed by atoms with van der Waals surface area (Å²) < 4.78 is 11.7. The van der Waals surface area contributed by atoms with Crippen LogP contribution in [0.15, 0.2) is 34.2 Å². The number of rotatable bonds is 7. The number of carbonyl (C=O) groups excluding carboxylic acids is 2. The minimum Gasteiger partial charge on any atom is -0.465 e. The standard InChI is InChI=1S/C17H20N4O5S/c1-25-15(23)12-6-2-3-7-13(12)18-14(22)10-27-17-20-19-16(24)21(17)9-11-5-4-8-26-11/h2-3,6-7,11H,4-5,8-10H2,1H3,(H,18,22)(H,19,24)/t11-/m1/s1. The first-order valence-electron chi connectivity index (χ1n) is 8.45. The summed E-state index contributed by atoms with van der Waals surface area (Å²) in [7, 11) is 1.28. The number of hydrogen-bond acceptors (Lipinski definition) is 7. The van der Waals surface area contributed by atoms with Crippen LogP contribution in [-0.2, 0) is 20.8 Å². The van der Waals surface area contributed by atoms with E-state index in [1.54, 1.807) is 24.3 Å². The van der Waals surface area contributed by atoms with Crippen LogP contribution in [0.3, 0.4) is 0 Å². The van der Waals surface area contributed by atoms with Crippen LogP contribution >= 0.6 is 11.8 Å². The van der Waals surface area contributed by atoms with Crippen LogP contribution in [0.2, 0.25) is 0 Å². The molecule has 0 aliphatic carbocycles. The van der Waals surface area contributed by atoms with Gasteiger partial charge >= 0.3 is 11.7 Å². The van der Waals surface area contributed by atoms with Gasteiger partial charge in [-0.2, -0.15) is 0 Å². The Kier molecular flexibility index (Phi) is 6.30. The first kappa shape index (κ1) is 19.2. The molecule has 2 heterocycles. The summed E-state index contributed by atoms with van der Waals surface area (Å²) in [5.74, 6) is -0.822. The number of ether oxygens (including phenoxy) is 2. The Balaban J connectivity index is 1.62. The maximum Gasteiger partial charge on any atom is 0.344 e. The van der Waals surface area contributed by atoms with Crippen molar-refractivity contribution in [3.05, 3.63) is 40.3 Å². The van der Waals surface area contributed by atoms with Crippen LogP contribution in [0, 0.1) is 0 Å². The third-order valence-corrected chi connectivity index (χ3v) is 5.05. The minimum absolute atomic E-state index is 0.0135. The SMILES string of the molecule is COC(=O)c1ccccc1NC(=O)CSc1n[nH]c(=O)n1C[C@H]1CCCO1. The quantitative estimate of drug-likeness (QED) is 0.538. The highest BCUT2D eigenvalue weighted by Crippen LogP contribution is 2.20. The van der Waals surface area contributed by atoms with Gasteiger partial charge in [0.25, 0.3) is 0 Å². The predicted molar refractivity (Wildman–Crippen MR) is 99.0 cm³/mol. The molecule has 0 unspecified atom stereocenters. The van der Waals surface area contributed by atoms with E-state index in [-0.39, 0.29) is 29.0 Å². The maximum absolute atomic E-state index is 12.3. The van der Waals surface area contributed by atoms with Gasteiger partial charge in [-0.05, 0) is 25.0 Å². The molecule has 1 saturated heterocycles. The average molecular weight is 392 g/mol. The fourth-order valence-corrected chi connectivity index (χ4v) is 3.52. The van der Waals surface area contributed by atoms with Crippen molar-refractivity contribution in [2.24, 2.45) is 0 Å². The second-order valence-corrected chi connectivity index (χ2v) is 6.87. The topological polar surface area (TPSA) is 115 Å². The van der Waals surface area contributed by atoms with Crippen LogP contribution in [-0.4, -0.2) is 52.2 Å². The Labute approximate surface area is 159 Å². The van der Waals surface area contributed by atoms with Crippen molar-refractivity contribution in [2.75, 3.05) is 24.8 Å². The molecule has 1 aromatic heterocycles. The van der Waals surface area contributed by atoms with E-state index in [0.29, 0.717) is 24.0 Å². The van der Waals surface area contributed by atoms with E-state index in [1.165, 1.54) is 11.7 Å². The lowest BCUT2D eigenvalue weighted by molar-refractivity contribution is -0.113. The van der Waals surface area contributed by atoms with Crippen molar-refractivity contribution in [3.8, 4) is 0 Å². The van der Waals surface area contributed by atoms with Gasteiger partial charge < -0.3 is 14.8 Å². The number of esters is 1. The number of methoxy groups -OCH3 is 1. The molecule has 0 radical (unpaired) electrons. The zero-order valence-corrected chi connectivity index (χ0v) is 15.6. The number of amides is 1. The zero-order valence-electron chi connectivity index (χ0n) is 14.8. The van der Waals surface area contributed by atoms with E-state index < -0.39 is 5.97 Å². The average Bonchev–Trinajstić information content (AvgIpc) is 3.31. The molecule has 0 bridgehead atoms. The fourth-order valence-electron chi connectivity index (χ4n) is 2.76. The second kappa shape index (κ2) is 8.87. The normalized spacial score (nSPS) is 16.3. The first-order valence-corrected chi connectivity index (χ1v) is 9.44. The monoisotopic (exact) mass is 392 g/mol. The molecule has 144 valence electrons. The molecular weight excluding hydrogens is 372 g/mol. The van der Waals surface area contributed by atoms with Crippen molar-refractivity contribution in [2.45, 2.75) is 30.6 Å². The predicted octanol–water partition coefficient (Wildman–Crippen LogP) is 1.27. The van der Waals surface area contributed by atoms with Gasteiger partial charge in [0, 0.05) is 6.61 Å². The molecule has 0 saturated carbocycles. The number of H-pyrrole nitrogens is 1. The number of benzene rings is 1. The summed E-state index contributed by atoms with van der Waals surface area (Å²) in [5, 5.41) is 9.49. The molecule has 1 aliphatic rings. The molecule has 0 spiro atoms. The lowest BCUT2D eigenvalue weighted by Crippen LogP contribution is -2.25. The molecule has 1 amide bonds. The smallest absolute Gasteiger partial charge is 0.344 e. The van der Waals surface area contributed by atoms with Gasteiger partial charge in [0.2, 0.25) is 5.91 Å². The van der Waals surface area contributed by atoms with Gasteiger partial charge in [0.15, 0.2) is 5.16 Å². The largest absolute Gasteiger partial charge is 0.465 e. The number of nitrogens with one attached hydrogen (secondary N) is 2. The Morgan fingerprint density at radius 2 is 2.26 bits per heavy atom. The van der Waals surface area contributed by atoms with Crippen molar-refractivity contribution >= 4 is 29.3 Å². The van der Waals surface area contributed by atoms with Crippen LogP contribution in [0.4, 0.5) is 5.69 Å². The molecule has 9 nitrogen and oxygen atoms in total. The Morgan fingerprint density at radius 1 is 1.44 bits per heavy atom. The molecule has 27 heavy (non-hydrogen) atoms. The summed E-state index contributed by atoms with van der Waals surface area (Å²) >= 11 is 1.14.